The fraction of sp³-hybridized carbons (Fsp3) is 0.345. The fourth-order valence-electron chi connectivity index (χ4n) is 4.45. The van der Waals surface area contributed by atoms with Crippen molar-refractivity contribution in [1.29, 1.82) is 0 Å². The first-order chi connectivity index (χ1) is 17.5. The summed E-state index contributed by atoms with van der Waals surface area (Å²) in [5.74, 6) is 0.749. The van der Waals surface area contributed by atoms with Gasteiger partial charge in [-0.3, -0.25) is 9.59 Å². The highest BCUT2D eigenvalue weighted by molar-refractivity contribution is 5.86. The molecule has 0 unspecified atom stereocenters. The Morgan fingerprint density at radius 2 is 1.86 bits per heavy atom. The lowest BCUT2D eigenvalue weighted by Gasteiger charge is -2.22. The molecule has 188 valence electrons. The average Bonchev–Trinajstić information content (AvgIpc) is 3.73. The Balaban J connectivity index is 1.79. The quantitative estimate of drug-likeness (QED) is 0.330. The number of hydrogen-bond acceptors (Lipinski definition) is 6. The number of nitrogens with zero attached hydrogens (tertiary/aromatic N) is 1. The second-order valence-corrected chi connectivity index (χ2v) is 8.88. The van der Waals surface area contributed by atoms with Crippen LogP contribution in [-0.2, 0) is 22.6 Å². The van der Waals surface area contributed by atoms with Crippen molar-refractivity contribution in [2.75, 3.05) is 20.3 Å². The second-order valence-electron chi connectivity index (χ2n) is 8.88. The molecule has 1 heterocycles. The van der Waals surface area contributed by atoms with Crippen LogP contribution in [0, 0.1) is 5.92 Å². The largest absolute Gasteiger partial charge is 0.496 e. The van der Waals surface area contributed by atoms with Gasteiger partial charge in [-0.25, -0.2) is 4.98 Å². The summed E-state index contributed by atoms with van der Waals surface area (Å²) in [6.45, 7) is 3.34. The molecule has 1 aliphatic carbocycles. The van der Waals surface area contributed by atoms with Crippen LogP contribution in [0.4, 0.5) is 0 Å². The van der Waals surface area contributed by atoms with E-state index in [0.29, 0.717) is 49.1 Å². The molecule has 4 rings (SSSR count). The molecule has 0 spiro atoms. The number of Topliss-reactive ketones (excluding diaryl/α,β-unsaturated/α-hetero) is 1. The van der Waals surface area contributed by atoms with Crippen LogP contribution in [0.25, 0.3) is 22.3 Å². The molecule has 0 atom stereocenters. The van der Waals surface area contributed by atoms with E-state index in [2.05, 4.69) is 10.3 Å². The van der Waals surface area contributed by atoms with Crippen LogP contribution >= 0.6 is 0 Å². The highest BCUT2D eigenvalue weighted by Crippen LogP contribution is 2.41. The molecule has 1 aromatic heterocycles. The molecule has 0 amide bonds. The molecular weight excluding hydrogens is 456 g/mol. The minimum Gasteiger partial charge on any atom is -0.496 e. The van der Waals surface area contributed by atoms with Crippen LogP contribution in [-0.4, -0.2) is 42.1 Å². The lowest BCUT2D eigenvalue weighted by molar-refractivity contribution is -0.136. The van der Waals surface area contributed by atoms with Gasteiger partial charge in [-0.05, 0) is 54.2 Å². The molecule has 2 N–H and O–H groups in total. The van der Waals surface area contributed by atoms with E-state index in [0.717, 1.165) is 40.7 Å². The standard InChI is InChI=1S/C29H32N2O5/c1-3-36-27-12-11-21(17-31-27)22-15-26(35-2)29(20-7-5-4-6-8-20)24(23(22)16-28(33)34)18-30-14-13-25(32)19-9-10-19/h4-8,11-12,15,17,19,30H,3,9-10,13-14,16,18H2,1-2H3,(H,33,34). The number of ether oxygens (including phenoxy) is 2. The molecule has 0 aliphatic heterocycles. The molecule has 1 aliphatic rings. The smallest absolute Gasteiger partial charge is 0.307 e. The number of aliphatic carboxylic acids is 1. The number of carboxylic acids is 1. The highest BCUT2D eigenvalue weighted by atomic mass is 16.5. The molecule has 2 aromatic carbocycles. The van der Waals surface area contributed by atoms with Gasteiger partial charge >= 0.3 is 5.97 Å². The maximum absolute atomic E-state index is 12.2. The molecule has 3 aromatic rings. The predicted molar refractivity (Wildman–Crippen MR) is 138 cm³/mol. The Labute approximate surface area is 211 Å². The van der Waals surface area contributed by atoms with Crippen molar-refractivity contribution in [2.45, 2.75) is 39.2 Å². The van der Waals surface area contributed by atoms with Gasteiger partial charge in [-0.1, -0.05) is 30.3 Å². The van der Waals surface area contributed by atoms with Crippen molar-refractivity contribution in [3.05, 3.63) is 65.9 Å². The first kappa shape index (κ1) is 25.4. The molecule has 7 heteroatoms. The van der Waals surface area contributed by atoms with Crippen molar-refractivity contribution in [2.24, 2.45) is 5.92 Å². The number of carboxylic acid groups (broad SMARTS) is 1. The van der Waals surface area contributed by atoms with Gasteiger partial charge in [0, 0.05) is 48.8 Å². The van der Waals surface area contributed by atoms with Crippen molar-refractivity contribution in [3.63, 3.8) is 0 Å². The zero-order chi connectivity index (χ0) is 25.5. The van der Waals surface area contributed by atoms with Crippen molar-refractivity contribution in [3.8, 4) is 33.9 Å². The van der Waals surface area contributed by atoms with E-state index in [1.807, 2.05) is 49.4 Å². The average molecular weight is 489 g/mol. The number of nitrogens with one attached hydrogen (secondary N) is 1. The van der Waals surface area contributed by atoms with Gasteiger partial charge < -0.3 is 19.9 Å². The Bertz CT molecular complexity index is 1200. The van der Waals surface area contributed by atoms with Gasteiger partial charge in [0.1, 0.15) is 11.5 Å². The Morgan fingerprint density at radius 3 is 2.47 bits per heavy atom. The summed E-state index contributed by atoms with van der Waals surface area (Å²) in [6, 6.07) is 15.4. The van der Waals surface area contributed by atoms with Gasteiger partial charge in [0.2, 0.25) is 5.88 Å². The van der Waals surface area contributed by atoms with Crippen molar-refractivity contribution < 1.29 is 24.2 Å². The van der Waals surface area contributed by atoms with Crippen molar-refractivity contribution >= 4 is 11.8 Å². The van der Waals surface area contributed by atoms with Crippen LogP contribution in [0.3, 0.4) is 0 Å². The topological polar surface area (TPSA) is 97.8 Å². The molecular formula is C29H32N2O5. The summed E-state index contributed by atoms with van der Waals surface area (Å²) in [6.07, 6.45) is 3.99. The number of rotatable bonds is 13. The predicted octanol–water partition coefficient (Wildman–Crippen LogP) is 4.91. The second kappa shape index (κ2) is 11.8. The van der Waals surface area contributed by atoms with Crippen LogP contribution in [0.15, 0.2) is 54.7 Å². The molecule has 36 heavy (non-hydrogen) atoms. The zero-order valence-electron chi connectivity index (χ0n) is 20.8. The minimum absolute atomic E-state index is 0.162. The van der Waals surface area contributed by atoms with Crippen LogP contribution in [0.2, 0.25) is 0 Å². The third-order valence-corrected chi connectivity index (χ3v) is 6.35. The number of pyridine rings is 1. The molecule has 1 saturated carbocycles. The van der Waals surface area contributed by atoms with E-state index in [1.54, 1.807) is 19.4 Å². The van der Waals surface area contributed by atoms with Crippen LogP contribution in [0.1, 0.15) is 37.3 Å². The van der Waals surface area contributed by atoms with E-state index in [9.17, 15) is 14.7 Å². The SMILES string of the molecule is CCOc1ccc(-c2cc(OC)c(-c3ccccc3)c(CNCCC(=O)C3CC3)c2CC(=O)O)cn1. The molecule has 1 fully saturated rings. The summed E-state index contributed by atoms with van der Waals surface area (Å²) >= 11 is 0. The monoisotopic (exact) mass is 488 g/mol. The third kappa shape index (κ3) is 6.10. The van der Waals surface area contributed by atoms with E-state index in [-0.39, 0.29) is 12.3 Å². The number of aromatic nitrogens is 1. The number of methoxy groups -OCH3 is 1. The number of carbonyl (C=O) groups excluding carboxylic acids is 1. The summed E-state index contributed by atoms with van der Waals surface area (Å²) < 4.78 is 11.3. The minimum atomic E-state index is -0.926. The van der Waals surface area contributed by atoms with Gasteiger partial charge in [-0.15, -0.1) is 0 Å². The maximum Gasteiger partial charge on any atom is 0.307 e. The Hall–Kier alpha value is -3.71. The normalized spacial score (nSPS) is 12.8. The molecule has 0 saturated heterocycles. The Morgan fingerprint density at radius 1 is 1.08 bits per heavy atom. The summed E-state index contributed by atoms with van der Waals surface area (Å²) in [7, 11) is 1.62. The molecule has 7 nitrogen and oxygen atoms in total. The molecule has 0 bridgehead atoms. The summed E-state index contributed by atoms with van der Waals surface area (Å²) in [4.78, 5) is 28.6. The van der Waals surface area contributed by atoms with Gasteiger partial charge in [0.25, 0.3) is 0 Å². The van der Waals surface area contributed by atoms with Crippen LogP contribution < -0.4 is 14.8 Å². The third-order valence-electron chi connectivity index (χ3n) is 6.35. The summed E-state index contributed by atoms with van der Waals surface area (Å²) in [5.41, 5.74) is 4.83. The first-order valence-electron chi connectivity index (χ1n) is 12.3. The zero-order valence-corrected chi connectivity index (χ0v) is 20.8. The van der Waals surface area contributed by atoms with E-state index in [4.69, 9.17) is 9.47 Å². The van der Waals surface area contributed by atoms with E-state index < -0.39 is 5.97 Å². The van der Waals surface area contributed by atoms with E-state index in [1.165, 1.54) is 0 Å². The first-order valence-corrected chi connectivity index (χ1v) is 12.3. The van der Waals surface area contributed by atoms with E-state index >= 15 is 0 Å². The van der Waals surface area contributed by atoms with Gasteiger partial charge in [-0.2, -0.15) is 0 Å². The fourth-order valence-corrected chi connectivity index (χ4v) is 4.45. The van der Waals surface area contributed by atoms with Gasteiger partial charge in [0.05, 0.1) is 20.1 Å². The number of ketones is 1. The number of carbonyl (C=O) groups is 2. The Kier molecular flexibility index (Phi) is 8.33. The molecule has 0 radical (unpaired) electrons. The maximum atomic E-state index is 12.2. The lowest BCUT2D eigenvalue weighted by Crippen LogP contribution is -2.21. The number of hydrogen-bond donors (Lipinski definition) is 2. The lowest BCUT2D eigenvalue weighted by atomic mass is 9.87. The summed E-state index contributed by atoms with van der Waals surface area (Å²) in [5, 5.41) is 13.2. The van der Waals surface area contributed by atoms with Crippen LogP contribution in [0.5, 0.6) is 11.6 Å². The highest BCUT2D eigenvalue weighted by Gasteiger charge is 2.28. The van der Waals surface area contributed by atoms with Crippen molar-refractivity contribution in [1.82, 2.24) is 10.3 Å². The number of benzene rings is 2. The van der Waals surface area contributed by atoms with Gasteiger partial charge in [0.15, 0.2) is 0 Å².